The van der Waals surface area contributed by atoms with Crippen molar-refractivity contribution in [3.63, 3.8) is 0 Å². The second kappa shape index (κ2) is 2.23. The Morgan fingerprint density at radius 2 is 2.00 bits per heavy atom. The summed E-state index contributed by atoms with van der Waals surface area (Å²) in [7, 11) is 0. The van der Waals surface area contributed by atoms with Gasteiger partial charge in [0.1, 0.15) is 12.0 Å². The Morgan fingerprint density at radius 3 is 2.55 bits per heavy atom. The van der Waals surface area contributed by atoms with E-state index >= 15 is 0 Å². The molecule has 1 aromatic heterocycles. The average Bonchev–Trinajstić information content (AvgIpc) is 2.55. The molecule has 1 aliphatic rings. The van der Waals surface area contributed by atoms with Crippen LogP contribution in [0.5, 0.6) is 0 Å². The van der Waals surface area contributed by atoms with Gasteiger partial charge in [0.15, 0.2) is 0 Å². The number of hydrogen-bond donors (Lipinski definition) is 4. The summed E-state index contributed by atoms with van der Waals surface area (Å²) in [6.07, 6.45) is 5.67. The molecule has 58 valence electrons. The number of rotatable bonds is 1. The smallest absolute Gasteiger partial charge is 0.126 e. The second-order valence-corrected chi connectivity index (χ2v) is 2.45. The van der Waals surface area contributed by atoms with Crippen molar-refractivity contribution in [1.29, 1.82) is 0 Å². The third-order valence-electron chi connectivity index (χ3n) is 1.73. The lowest BCUT2D eigenvalue weighted by molar-refractivity contribution is 0.610. The van der Waals surface area contributed by atoms with Crippen molar-refractivity contribution in [2.75, 3.05) is 5.73 Å². The van der Waals surface area contributed by atoms with Gasteiger partial charge in [0.05, 0.1) is 0 Å². The first-order valence-electron chi connectivity index (χ1n) is 3.48. The van der Waals surface area contributed by atoms with Crippen molar-refractivity contribution in [2.45, 2.75) is 6.17 Å². The maximum atomic E-state index is 5.66. The number of aromatic nitrogens is 1. The molecule has 2 rings (SSSR count). The van der Waals surface area contributed by atoms with E-state index in [-0.39, 0.29) is 6.17 Å². The molecular weight excluding hydrogens is 140 g/mol. The summed E-state index contributed by atoms with van der Waals surface area (Å²) in [5.41, 5.74) is 6.71. The minimum absolute atomic E-state index is 0.126. The number of nitrogens with two attached hydrogens (primary N) is 1. The van der Waals surface area contributed by atoms with Crippen LogP contribution in [-0.4, -0.2) is 4.98 Å². The predicted octanol–water partition coefficient (Wildman–Crippen LogP) is 0.259. The highest BCUT2D eigenvalue weighted by Gasteiger charge is 2.13. The quantitative estimate of drug-likeness (QED) is 0.464. The Balaban J connectivity index is 2.22. The van der Waals surface area contributed by atoms with Crippen LogP contribution in [0.25, 0.3) is 0 Å². The largest absolute Gasteiger partial charge is 0.385 e. The first-order valence-corrected chi connectivity index (χ1v) is 3.48. The van der Waals surface area contributed by atoms with Crippen LogP contribution in [0.4, 0.5) is 5.82 Å². The van der Waals surface area contributed by atoms with Crippen LogP contribution in [0, 0.1) is 0 Å². The van der Waals surface area contributed by atoms with Crippen LogP contribution in [0.2, 0.25) is 0 Å². The molecule has 0 aliphatic carbocycles. The molecule has 11 heavy (non-hydrogen) atoms. The van der Waals surface area contributed by atoms with Crippen molar-refractivity contribution >= 4 is 5.82 Å². The van der Waals surface area contributed by atoms with Gasteiger partial charge < -0.3 is 21.4 Å². The molecule has 0 atom stereocenters. The van der Waals surface area contributed by atoms with Crippen LogP contribution in [0.15, 0.2) is 24.7 Å². The average molecular weight is 150 g/mol. The summed E-state index contributed by atoms with van der Waals surface area (Å²) in [5, 5.41) is 6.22. The Labute approximate surface area is 64.5 Å². The third kappa shape index (κ3) is 0.920. The molecule has 0 fully saturated rings. The number of anilines is 1. The number of nitrogens with one attached hydrogen (secondary N) is 3. The molecule has 5 N–H and O–H groups in total. The molecule has 4 heteroatoms. The van der Waals surface area contributed by atoms with Crippen molar-refractivity contribution in [2.24, 2.45) is 0 Å². The molecule has 0 unspecified atom stereocenters. The normalized spacial score (nSPS) is 16.4. The van der Waals surface area contributed by atoms with E-state index in [1.807, 2.05) is 24.7 Å². The van der Waals surface area contributed by atoms with Crippen LogP contribution >= 0.6 is 0 Å². The van der Waals surface area contributed by atoms with Crippen molar-refractivity contribution in [1.82, 2.24) is 15.6 Å². The van der Waals surface area contributed by atoms with Gasteiger partial charge in [-0.05, 0) is 6.07 Å². The summed E-state index contributed by atoms with van der Waals surface area (Å²) in [4.78, 5) is 2.92. The fraction of sp³-hybridized carbons (Fsp3) is 0.143. The van der Waals surface area contributed by atoms with Gasteiger partial charge in [0, 0.05) is 24.2 Å². The lowest BCUT2D eigenvalue weighted by atomic mass is 10.2. The van der Waals surface area contributed by atoms with E-state index in [0.717, 1.165) is 5.56 Å². The van der Waals surface area contributed by atoms with Gasteiger partial charge in [-0.2, -0.15) is 0 Å². The van der Waals surface area contributed by atoms with Gasteiger partial charge >= 0.3 is 0 Å². The molecule has 1 aliphatic heterocycles. The summed E-state index contributed by atoms with van der Waals surface area (Å²) in [6, 6.07) is 1.95. The van der Waals surface area contributed by atoms with E-state index in [4.69, 9.17) is 5.73 Å². The van der Waals surface area contributed by atoms with E-state index < -0.39 is 0 Å². The molecule has 0 saturated carbocycles. The lowest BCUT2D eigenvalue weighted by Gasteiger charge is -2.10. The molecular formula is C7H10N4. The molecule has 0 spiro atoms. The number of hydrogen-bond acceptors (Lipinski definition) is 3. The van der Waals surface area contributed by atoms with Crippen LogP contribution < -0.4 is 16.4 Å². The van der Waals surface area contributed by atoms with Crippen molar-refractivity contribution in [3.8, 4) is 0 Å². The number of H-pyrrole nitrogens is 1. The van der Waals surface area contributed by atoms with Gasteiger partial charge in [-0.25, -0.2) is 0 Å². The molecule has 0 aromatic carbocycles. The van der Waals surface area contributed by atoms with E-state index in [1.54, 1.807) is 0 Å². The van der Waals surface area contributed by atoms with Crippen LogP contribution in [0.1, 0.15) is 11.7 Å². The molecule has 0 amide bonds. The lowest BCUT2D eigenvalue weighted by Crippen LogP contribution is -2.21. The Hall–Kier alpha value is -1.58. The van der Waals surface area contributed by atoms with Gasteiger partial charge in [-0.3, -0.25) is 0 Å². The van der Waals surface area contributed by atoms with Crippen LogP contribution in [0.3, 0.4) is 0 Å². The van der Waals surface area contributed by atoms with Gasteiger partial charge in [0.2, 0.25) is 0 Å². The zero-order valence-electron chi connectivity index (χ0n) is 5.96. The van der Waals surface area contributed by atoms with Crippen LogP contribution in [-0.2, 0) is 0 Å². The molecule has 4 nitrogen and oxygen atoms in total. The fourth-order valence-corrected chi connectivity index (χ4v) is 1.16. The second-order valence-electron chi connectivity index (χ2n) is 2.45. The van der Waals surface area contributed by atoms with E-state index in [9.17, 15) is 0 Å². The van der Waals surface area contributed by atoms with Gasteiger partial charge in [0.25, 0.3) is 0 Å². The molecule has 0 radical (unpaired) electrons. The van der Waals surface area contributed by atoms with Gasteiger partial charge in [-0.1, -0.05) is 0 Å². The standard InChI is InChI=1S/C7H10N4/c8-6-5(1-2-9-6)7-10-3-4-11-7/h1-4,7,9-11H,8H2. The molecule has 1 aromatic rings. The number of aromatic amines is 1. The molecule has 2 heterocycles. The SMILES string of the molecule is Nc1[nH]ccc1C1NC=CN1. The van der Waals surface area contributed by atoms with E-state index in [2.05, 4.69) is 15.6 Å². The minimum atomic E-state index is 0.126. The summed E-state index contributed by atoms with van der Waals surface area (Å²) >= 11 is 0. The third-order valence-corrected chi connectivity index (χ3v) is 1.73. The zero-order chi connectivity index (χ0) is 7.68. The first-order chi connectivity index (χ1) is 5.38. The van der Waals surface area contributed by atoms with Gasteiger partial charge in [-0.15, -0.1) is 0 Å². The Morgan fingerprint density at radius 1 is 1.27 bits per heavy atom. The highest BCUT2D eigenvalue weighted by molar-refractivity contribution is 5.42. The molecule has 0 saturated heterocycles. The maximum absolute atomic E-state index is 5.66. The predicted molar refractivity (Wildman–Crippen MR) is 43.4 cm³/mol. The van der Waals surface area contributed by atoms with Crippen molar-refractivity contribution in [3.05, 3.63) is 30.2 Å². The Bertz CT molecular complexity index is 268. The van der Waals surface area contributed by atoms with Crippen molar-refractivity contribution < 1.29 is 0 Å². The zero-order valence-corrected chi connectivity index (χ0v) is 5.96. The maximum Gasteiger partial charge on any atom is 0.126 e. The number of nitrogen functional groups attached to an aromatic ring is 1. The Kier molecular flexibility index (Phi) is 1.25. The highest BCUT2D eigenvalue weighted by atomic mass is 15.2. The fourth-order valence-electron chi connectivity index (χ4n) is 1.16. The first kappa shape index (κ1) is 6.15. The van der Waals surface area contributed by atoms with E-state index in [0.29, 0.717) is 5.82 Å². The monoisotopic (exact) mass is 150 g/mol. The summed E-state index contributed by atoms with van der Waals surface area (Å²) in [5.74, 6) is 0.707. The summed E-state index contributed by atoms with van der Waals surface area (Å²) < 4.78 is 0. The topological polar surface area (TPSA) is 65.9 Å². The molecule has 0 bridgehead atoms. The van der Waals surface area contributed by atoms with E-state index in [1.165, 1.54) is 0 Å². The highest BCUT2D eigenvalue weighted by Crippen LogP contribution is 2.18. The minimum Gasteiger partial charge on any atom is -0.385 e. The summed E-state index contributed by atoms with van der Waals surface area (Å²) in [6.45, 7) is 0.